The summed E-state index contributed by atoms with van der Waals surface area (Å²) in [6, 6.07) is 0. The van der Waals surface area contributed by atoms with Crippen molar-refractivity contribution in [2.75, 3.05) is 0 Å². The van der Waals surface area contributed by atoms with Gasteiger partial charge in [0.1, 0.15) is 5.78 Å². The van der Waals surface area contributed by atoms with Crippen molar-refractivity contribution in [3.05, 3.63) is 0 Å². The molecular weight excluding hydrogens is 192 g/mol. The monoisotopic (exact) mass is 212 g/mol. The summed E-state index contributed by atoms with van der Waals surface area (Å²) < 4.78 is 0. The number of carbonyl (C=O) groups excluding carboxylic acids is 1. The van der Waals surface area contributed by atoms with Crippen molar-refractivity contribution in [1.29, 1.82) is 0 Å². The van der Waals surface area contributed by atoms with Crippen LogP contribution in [-0.4, -0.2) is 16.9 Å². The molecule has 0 bridgehead atoms. The van der Waals surface area contributed by atoms with E-state index in [4.69, 9.17) is 5.11 Å². The van der Waals surface area contributed by atoms with Gasteiger partial charge in [-0.3, -0.25) is 9.59 Å². The Morgan fingerprint density at radius 3 is 2.20 bits per heavy atom. The zero-order valence-electron chi connectivity index (χ0n) is 9.58. The highest BCUT2D eigenvalue weighted by atomic mass is 16.4. The Hall–Kier alpha value is -0.860. The molecule has 0 aromatic heterocycles. The van der Waals surface area contributed by atoms with Crippen molar-refractivity contribution in [2.45, 2.75) is 52.4 Å². The fraction of sp³-hybridized carbons (Fsp3) is 0.833. The van der Waals surface area contributed by atoms with E-state index in [0.717, 1.165) is 25.7 Å². The van der Waals surface area contributed by atoms with Gasteiger partial charge < -0.3 is 5.11 Å². The smallest absolute Gasteiger partial charge is 0.304 e. The van der Waals surface area contributed by atoms with Gasteiger partial charge in [-0.05, 0) is 12.8 Å². The van der Waals surface area contributed by atoms with Crippen LogP contribution in [0.2, 0.25) is 0 Å². The van der Waals surface area contributed by atoms with Crippen LogP contribution in [0.5, 0.6) is 0 Å². The Kier molecular flexibility index (Phi) is 3.89. The van der Waals surface area contributed by atoms with Gasteiger partial charge in [0.25, 0.3) is 0 Å². The number of carboxylic acids is 1. The molecule has 1 rings (SSSR count). The summed E-state index contributed by atoms with van der Waals surface area (Å²) in [6.45, 7) is 3.50. The van der Waals surface area contributed by atoms with Crippen LogP contribution in [-0.2, 0) is 9.59 Å². The van der Waals surface area contributed by atoms with E-state index in [-0.39, 0.29) is 18.1 Å². The van der Waals surface area contributed by atoms with Crippen LogP contribution < -0.4 is 0 Å². The first-order valence-corrected chi connectivity index (χ1v) is 5.69. The second-order valence-corrected chi connectivity index (χ2v) is 5.15. The topological polar surface area (TPSA) is 54.4 Å². The second kappa shape index (κ2) is 4.77. The first-order chi connectivity index (χ1) is 6.93. The molecule has 15 heavy (non-hydrogen) atoms. The minimum absolute atomic E-state index is 0.0532. The minimum Gasteiger partial charge on any atom is -0.481 e. The molecule has 1 fully saturated rings. The average molecular weight is 212 g/mol. The third-order valence-electron chi connectivity index (χ3n) is 3.24. The zero-order chi connectivity index (χ0) is 11.5. The molecule has 3 heteroatoms. The lowest BCUT2D eigenvalue weighted by atomic mass is 9.74. The first-order valence-electron chi connectivity index (χ1n) is 5.69. The average Bonchev–Trinajstić information content (AvgIpc) is 2.16. The van der Waals surface area contributed by atoms with E-state index in [9.17, 15) is 9.59 Å². The Bertz CT molecular complexity index is 250. The molecule has 0 amide bonds. The molecule has 0 radical (unpaired) electrons. The Morgan fingerprint density at radius 2 is 1.73 bits per heavy atom. The van der Waals surface area contributed by atoms with Crippen molar-refractivity contribution in [2.24, 2.45) is 11.3 Å². The van der Waals surface area contributed by atoms with Gasteiger partial charge in [0, 0.05) is 11.3 Å². The number of rotatable bonds is 4. The van der Waals surface area contributed by atoms with Crippen molar-refractivity contribution in [3.8, 4) is 0 Å². The molecule has 0 aliphatic heterocycles. The summed E-state index contributed by atoms with van der Waals surface area (Å²) in [5.41, 5.74) is -0.701. The maximum atomic E-state index is 12.1. The normalized spacial score (nSPS) is 18.8. The molecule has 1 saturated carbocycles. The summed E-state index contributed by atoms with van der Waals surface area (Å²) >= 11 is 0. The third-order valence-corrected chi connectivity index (χ3v) is 3.24. The molecule has 0 atom stereocenters. The first kappa shape index (κ1) is 12.2. The Labute approximate surface area is 90.9 Å². The van der Waals surface area contributed by atoms with Gasteiger partial charge in [-0.15, -0.1) is 0 Å². The predicted molar refractivity (Wildman–Crippen MR) is 57.6 cm³/mol. The molecule has 86 valence electrons. The predicted octanol–water partition coefficient (Wildman–Crippen LogP) is 2.64. The van der Waals surface area contributed by atoms with Crippen molar-refractivity contribution >= 4 is 11.8 Å². The fourth-order valence-corrected chi connectivity index (χ4v) is 2.38. The minimum atomic E-state index is -0.885. The molecule has 0 aromatic carbocycles. The van der Waals surface area contributed by atoms with Crippen LogP contribution in [0.3, 0.4) is 0 Å². The molecule has 1 aliphatic carbocycles. The van der Waals surface area contributed by atoms with E-state index < -0.39 is 11.4 Å². The quantitative estimate of drug-likeness (QED) is 0.779. The molecule has 0 heterocycles. The largest absolute Gasteiger partial charge is 0.481 e. The van der Waals surface area contributed by atoms with Crippen LogP contribution in [0.4, 0.5) is 0 Å². The highest BCUT2D eigenvalue weighted by Gasteiger charge is 2.35. The summed E-state index contributed by atoms with van der Waals surface area (Å²) in [4.78, 5) is 22.7. The SMILES string of the molecule is CC(C)(CC(=O)O)C(=O)C1CCCCC1. The number of carboxylic acid groups (broad SMARTS) is 1. The summed E-state index contributed by atoms with van der Waals surface area (Å²) in [6.07, 6.45) is 5.27. The van der Waals surface area contributed by atoms with Crippen LogP contribution in [0.1, 0.15) is 52.4 Å². The standard InChI is InChI=1S/C12H20O3/c1-12(2,8-10(13)14)11(15)9-6-4-3-5-7-9/h9H,3-8H2,1-2H3,(H,13,14). The van der Waals surface area contributed by atoms with E-state index in [1.54, 1.807) is 13.8 Å². The van der Waals surface area contributed by atoms with Gasteiger partial charge in [0.15, 0.2) is 0 Å². The molecule has 3 nitrogen and oxygen atoms in total. The maximum absolute atomic E-state index is 12.1. The lowest BCUT2D eigenvalue weighted by molar-refractivity contribution is -0.145. The van der Waals surface area contributed by atoms with E-state index in [2.05, 4.69) is 0 Å². The fourth-order valence-electron chi connectivity index (χ4n) is 2.38. The van der Waals surface area contributed by atoms with Gasteiger partial charge in [-0.25, -0.2) is 0 Å². The second-order valence-electron chi connectivity index (χ2n) is 5.15. The van der Waals surface area contributed by atoms with Crippen molar-refractivity contribution < 1.29 is 14.7 Å². The van der Waals surface area contributed by atoms with Crippen LogP contribution in [0.15, 0.2) is 0 Å². The number of hydrogen-bond donors (Lipinski definition) is 1. The third kappa shape index (κ3) is 3.33. The van der Waals surface area contributed by atoms with E-state index in [1.807, 2.05) is 0 Å². The highest BCUT2D eigenvalue weighted by molar-refractivity contribution is 5.89. The van der Waals surface area contributed by atoms with Gasteiger partial charge in [-0.2, -0.15) is 0 Å². The lowest BCUT2D eigenvalue weighted by Crippen LogP contribution is -2.34. The lowest BCUT2D eigenvalue weighted by Gasteiger charge is -2.29. The van der Waals surface area contributed by atoms with Crippen LogP contribution in [0, 0.1) is 11.3 Å². The summed E-state index contributed by atoms with van der Waals surface area (Å²) in [7, 11) is 0. The number of aliphatic carboxylic acids is 1. The number of Topliss-reactive ketones (excluding diaryl/α,β-unsaturated/α-hetero) is 1. The van der Waals surface area contributed by atoms with Crippen molar-refractivity contribution in [1.82, 2.24) is 0 Å². The zero-order valence-corrected chi connectivity index (χ0v) is 9.58. The summed E-state index contributed by atoms with van der Waals surface area (Å²) in [5, 5.41) is 8.74. The van der Waals surface area contributed by atoms with Gasteiger partial charge in [0.2, 0.25) is 0 Å². The molecule has 1 aliphatic rings. The molecule has 0 spiro atoms. The van der Waals surface area contributed by atoms with Gasteiger partial charge in [0.05, 0.1) is 6.42 Å². The Morgan fingerprint density at radius 1 is 1.20 bits per heavy atom. The number of ketones is 1. The number of hydrogen-bond acceptors (Lipinski definition) is 2. The molecular formula is C12H20O3. The number of carbonyl (C=O) groups is 2. The van der Waals surface area contributed by atoms with Crippen LogP contribution >= 0.6 is 0 Å². The molecule has 0 unspecified atom stereocenters. The summed E-state index contributed by atoms with van der Waals surface area (Å²) in [5.74, 6) is -0.637. The Balaban J connectivity index is 2.60. The molecule has 1 N–H and O–H groups in total. The van der Waals surface area contributed by atoms with Crippen molar-refractivity contribution in [3.63, 3.8) is 0 Å². The molecule has 0 aromatic rings. The van der Waals surface area contributed by atoms with Gasteiger partial charge in [-0.1, -0.05) is 33.1 Å². The van der Waals surface area contributed by atoms with Gasteiger partial charge >= 0.3 is 5.97 Å². The maximum Gasteiger partial charge on any atom is 0.304 e. The highest BCUT2D eigenvalue weighted by Crippen LogP contribution is 2.33. The molecule has 0 saturated heterocycles. The van der Waals surface area contributed by atoms with E-state index in [0.29, 0.717) is 0 Å². The van der Waals surface area contributed by atoms with Crippen LogP contribution in [0.25, 0.3) is 0 Å². The van der Waals surface area contributed by atoms with E-state index in [1.165, 1.54) is 6.42 Å². The van der Waals surface area contributed by atoms with E-state index >= 15 is 0 Å².